The van der Waals surface area contributed by atoms with Gasteiger partial charge in [-0.2, -0.15) is 0 Å². The molecule has 0 spiro atoms. The van der Waals surface area contributed by atoms with Crippen LogP contribution in [0.2, 0.25) is 5.02 Å². The highest BCUT2D eigenvalue weighted by Gasteiger charge is 2.11. The Morgan fingerprint density at radius 3 is 2.52 bits per heavy atom. The molecule has 1 N–H and O–H groups in total. The van der Waals surface area contributed by atoms with Crippen LogP contribution < -0.4 is 9.47 Å². The maximum Gasteiger partial charge on any atom is 0.339 e. The molecule has 2 aromatic rings. The third-order valence-corrected chi connectivity index (χ3v) is 3.22. The zero-order valence-corrected chi connectivity index (χ0v) is 12.3. The Morgan fingerprint density at radius 2 is 1.90 bits per heavy atom. The molecule has 0 atom stereocenters. The Morgan fingerprint density at radius 1 is 1.19 bits per heavy atom. The van der Waals surface area contributed by atoms with Gasteiger partial charge in [0.1, 0.15) is 17.1 Å². The van der Waals surface area contributed by atoms with Crippen LogP contribution in [0.25, 0.3) is 0 Å². The average Bonchev–Trinajstić information content (AvgIpc) is 2.48. The fraction of sp³-hybridized carbons (Fsp3) is 0.188. The second-order valence-corrected chi connectivity index (χ2v) is 4.83. The van der Waals surface area contributed by atoms with Crippen molar-refractivity contribution >= 4 is 17.6 Å². The van der Waals surface area contributed by atoms with E-state index in [1.807, 2.05) is 24.3 Å². The number of methoxy groups -OCH3 is 1. The van der Waals surface area contributed by atoms with Crippen molar-refractivity contribution < 1.29 is 19.4 Å². The molecule has 0 heterocycles. The molecule has 0 aliphatic carbocycles. The lowest BCUT2D eigenvalue weighted by Gasteiger charge is -2.10. The predicted octanol–water partition coefficient (Wildman–Crippen LogP) is 3.67. The molecule has 4 nitrogen and oxygen atoms in total. The minimum Gasteiger partial charge on any atom is -0.497 e. The Labute approximate surface area is 127 Å². The van der Waals surface area contributed by atoms with Gasteiger partial charge in [-0.15, -0.1) is 0 Å². The van der Waals surface area contributed by atoms with Crippen molar-refractivity contribution in [3.8, 4) is 11.5 Å². The third kappa shape index (κ3) is 4.13. The second kappa shape index (κ2) is 6.99. The molecule has 5 heteroatoms. The molecule has 0 aliphatic heterocycles. The first kappa shape index (κ1) is 15.2. The SMILES string of the molecule is COc1ccc(CCOc2cc(Cl)ccc2C(=O)O)cc1. The molecule has 0 fully saturated rings. The Kier molecular flexibility index (Phi) is 5.06. The van der Waals surface area contributed by atoms with Crippen LogP contribution >= 0.6 is 11.6 Å². The van der Waals surface area contributed by atoms with E-state index in [0.717, 1.165) is 11.3 Å². The van der Waals surface area contributed by atoms with Crippen LogP contribution in [0.15, 0.2) is 42.5 Å². The number of halogens is 1. The molecule has 21 heavy (non-hydrogen) atoms. The highest BCUT2D eigenvalue weighted by molar-refractivity contribution is 6.30. The number of aromatic carboxylic acids is 1. The zero-order chi connectivity index (χ0) is 15.2. The second-order valence-electron chi connectivity index (χ2n) is 4.39. The molecular weight excluding hydrogens is 292 g/mol. The van der Waals surface area contributed by atoms with E-state index in [1.54, 1.807) is 7.11 Å². The van der Waals surface area contributed by atoms with Gasteiger partial charge in [0.05, 0.1) is 13.7 Å². The summed E-state index contributed by atoms with van der Waals surface area (Å²) < 4.78 is 10.6. The monoisotopic (exact) mass is 306 g/mol. The van der Waals surface area contributed by atoms with E-state index in [4.69, 9.17) is 26.2 Å². The zero-order valence-electron chi connectivity index (χ0n) is 11.5. The molecular formula is C16H15ClO4. The van der Waals surface area contributed by atoms with E-state index in [9.17, 15) is 4.79 Å². The van der Waals surface area contributed by atoms with Gasteiger partial charge in [-0.05, 0) is 35.9 Å². The molecule has 0 aromatic heterocycles. The lowest BCUT2D eigenvalue weighted by atomic mass is 10.1. The van der Waals surface area contributed by atoms with E-state index in [2.05, 4.69) is 0 Å². The number of rotatable bonds is 6. The first-order valence-electron chi connectivity index (χ1n) is 6.38. The van der Waals surface area contributed by atoms with Gasteiger partial charge in [-0.25, -0.2) is 4.79 Å². The first-order valence-corrected chi connectivity index (χ1v) is 6.76. The Balaban J connectivity index is 1.99. The van der Waals surface area contributed by atoms with Crippen LogP contribution in [0.4, 0.5) is 0 Å². The van der Waals surface area contributed by atoms with Gasteiger partial charge in [-0.3, -0.25) is 0 Å². The maximum absolute atomic E-state index is 11.1. The molecule has 0 unspecified atom stereocenters. The minimum absolute atomic E-state index is 0.106. The van der Waals surface area contributed by atoms with Crippen LogP contribution in [-0.2, 0) is 6.42 Å². The number of benzene rings is 2. The highest BCUT2D eigenvalue weighted by Crippen LogP contribution is 2.23. The van der Waals surface area contributed by atoms with Gasteiger partial charge in [0.15, 0.2) is 0 Å². The van der Waals surface area contributed by atoms with E-state index in [0.29, 0.717) is 18.1 Å². The van der Waals surface area contributed by atoms with Gasteiger partial charge in [-0.1, -0.05) is 23.7 Å². The first-order chi connectivity index (χ1) is 10.1. The number of carboxylic acids is 1. The molecule has 110 valence electrons. The van der Waals surface area contributed by atoms with Crippen molar-refractivity contribution in [2.75, 3.05) is 13.7 Å². The summed E-state index contributed by atoms with van der Waals surface area (Å²) in [6.45, 7) is 0.368. The van der Waals surface area contributed by atoms with Crippen molar-refractivity contribution in [1.82, 2.24) is 0 Å². The molecule has 0 bridgehead atoms. The number of carboxylic acid groups (broad SMARTS) is 1. The van der Waals surface area contributed by atoms with Crippen molar-refractivity contribution in [1.29, 1.82) is 0 Å². The standard InChI is InChI=1S/C16H15ClO4/c1-20-13-5-2-11(3-6-13)8-9-21-15-10-12(17)4-7-14(15)16(18)19/h2-7,10H,8-9H2,1H3,(H,18,19). The minimum atomic E-state index is -1.04. The summed E-state index contributed by atoms with van der Waals surface area (Å²) in [6.07, 6.45) is 0.662. The van der Waals surface area contributed by atoms with Gasteiger partial charge in [0, 0.05) is 11.4 Å². The van der Waals surface area contributed by atoms with Crippen LogP contribution in [0.1, 0.15) is 15.9 Å². The van der Waals surface area contributed by atoms with Crippen LogP contribution in [0.5, 0.6) is 11.5 Å². The predicted molar refractivity (Wildman–Crippen MR) is 80.6 cm³/mol. The topological polar surface area (TPSA) is 55.8 Å². The smallest absolute Gasteiger partial charge is 0.339 e. The van der Waals surface area contributed by atoms with E-state index in [-0.39, 0.29) is 11.3 Å². The molecule has 2 rings (SSSR count). The molecule has 2 aromatic carbocycles. The van der Waals surface area contributed by atoms with Gasteiger partial charge < -0.3 is 14.6 Å². The normalized spacial score (nSPS) is 10.2. The number of hydrogen-bond acceptors (Lipinski definition) is 3. The van der Waals surface area contributed by atoms with Gasteiger partial charge in [0.2, 0.25) is 0 Å². The lowest BCUT2D eigenvalue weighted by Crippen LogP contribution is -2.06. The van der Waals surface area contributed by atoms with Crippen molar-refractivity contribution in [3.63, 3.8) is 0 Å². The third-order valence-electron chi connectivity index (χ3n) is 2.98. The van der Waals surface area contributed by atoms with Crippen LogP contribution in [0.3, 0.4) is 0 Å². The summed E-state index contributed by atoms with van der Waals surface area (Å²) in [5.41, 5.74) is 1.18. The van der Waals surface area contributed by atoms with Gasteiger partial charge >= 0.3 is 5.97 Å². The summed E-state index contributed by atoms with van der Waals surface area (Å²) in [5, 5.41) is 9.54. The molecule has 0 amide bonds. The van der Waals surface area contributed by atoms with Crippen LogP contribution in [-0.4, -0.2) is 24.8 Å². The van der Waals surface area contributed by atoms with E-state index >= 15 is 0 Å². The Bertz CT molecular complexity index is 623. The van der Waals surface area contributed by atoms with E-state index < -0.39 is 5.97 Å². The number of ether oxygens (including phenoxy) is 2. The van der Waals surface area contributed by atoms with Crippen molar-refractivity contribution in [3.05, 3.63) is 58.6 Å². The fourth-order valence-corrected chi connectivity index (χ4v) is 2.03. The van der Waals surface area contributed by atoms with Crippen molar-refractivity contribution in [2.24, 2.45) is 0 Å². The molecule has 0 aliphatic rings. The van der Waals surface area contributed by atoms with E-state index in [1.165, 1.54) is 18.2 Å². The molecule has 0 saturated carbocycles. The van der Waals surface area contributed by atoms with Crippen molar-refractivity contribution in [2.45, 2.75) is 6.42 Å². The summed E-state index contributed by atoms with van der Waals surface area (Å²) in [5.74, 6) is 0.0392. The average molecular weight is 307 g/mol. The summed E-state index contributed by atoms with van der Waals surface area (Å²) in [6, 6.07) is 12.1. The summed E-state index contributed by atoms with van der Waals surface area (Å²) in [4.78, 5) is 11.1. The fourth-order valence-electron chi connectivity index (χ4n) is 1.86. The molecule has 0 saturated heterocycles. The quantitative estimate of drug-likeness (QED) is 0.884. The van der Waals surface area contributed by atoms with Crippen LogP contribution in [0, 0.1) is 0 Å². The lowest BCUT2D eigenvalue weighted by molar-refractivity contribution is 0.0692. The highest BCUT2D eigenvalue weighted by atomic mass is 35.5. The number of carbonyl (C=O) groups is 1. The summed E-state index contributed by atoms with van der Waals surface area (Å²) >= 11 is 5.86. The maximum atomic E-state index is 11.1. The number of hydrogen-bond donors (Lipinski definition) is 1. The Hall–Kier alpha value is -2.20. The molecule has 0 radical (unpaired) electrons. The van der Waals surface area contributed by atoms with Gasteiger partial charge in [0.25, 0.3) is 0 Å². The summed E-state index contributed by atoms with van der Waals surface area (Å²) in [7, 11) is 1.62. The largest absolute Gasteiger partial charge is 0.497 e.